The van der Waals surface area contributed by atoms with Gasteiger partial charge in [-0.05, 0) is 42.5 Å². The van der Waals surface area contributed by atoms with Crippen LogP contribution in [-0.4, -0.2) is 59.0 Å². The molecule has 0 aliphatic carbocycles. The highest BCUT2D eigenvalue weighted by Crippen LogP contribution is 2.30. The molecule has 2 N–H and O–H groups in total. The van der Waals surface area contributed by atoms with Crippen molar-refractivity contribution in [2.75, 3.05) is 24.5 Å². The topological polar surface area (TPSA) is 69.6 Å². The molecule has 0 saturated carbocycles. The number of carbonyl (C=O) groups excluding carboxylic acids is 2. The third kappa shape index (κ3) is 4.13. The molecule has 182 valence electrons. The van der Waals surface area contributed by atoms with Crippen LogP contribution in [0.5, 0.6) is 0 Å². The van der Waals surface area contributed by atoms with E-state index in [4.69, 9.17) is 0 Å². The number of aryl methyl sites for hydroxylation is 1. The highest BCUT2D eigenvalue weighted by atomic mass is 16.2. The first-order valence-electron chi connectivity index (χ1n) is 12.8. The van der Waals surface area contributed by atoms with Crippen molar-refractivity contribution in [1.82, 2.24) is 20.1 Å². The maximum absolute atomic E-state index is 13.0. The van der Waals surface area contributed by atoms with Crippen molar-refractivity contribution in [2.24, 2.45) is 7.05 Å². The first kappa shape index (κ1) is 22.3. The van der Waals surface area contributed by atoms with E-state index in [1.54, 1.807) is 0 Å². The fourth-order valence-electron chi connectivity index (χ4n) is 6.23. The molecule has 3 aromatic rings. The second-order valence-corrected chi connectivity index (χ2v) is 10.2. The molecule has 7 heteroatoms. The number of nitrogens with zero attached hydrogens (tertiary/aromatic N) is 3. The van der Waals surface area contributed by atoms with Crippen molar-refractivity contribution in [3.8, 4) is 0 Å². The van der Waals surface area contributed by atoms with Gasteiger partial charge < -0.3 is 20.1 Å². The Kier molecular flexibility index (Phi) is 5.82. The second-order valence-electron chi connectivity index (χ2n) is 10.2. The van der Waals surface area contributed by atoms with E-state index in [-0.39, 0.29) is 29.9 Å². The molecule has 0 radical (unpaired) electrons. The lowest BCUT2D eigenvalue weighted by molar-refractivity contribution is -0.129. The van der Waals surface area contributed by atoms with Crippen LogP contribution in [0.2, 0.25) is 0 Å². The van der Waals surface area contributed by atoms with Crippen LogP contribution in [0.15, 0.2) is 54.7 Å². The van der Waals surface area contributed by atoms with E-state index in [0.29, 0.717) is 13.0 Å². The Morgan fingerprint density at radius 1 is 1.14 bits per heavy atom. The molecule has 3 aliphatic rings. The van der Waals surface area contributed by atoms with Crippen LogP contribution >= 0.6 is 0 Å². The zero-order valence-electron chi connectivity index (χ0n) is 20.2. The Morgan fingerprint density at radius 3 is 2.89 bits per heavy atom. The Hall–Kier alpha value is -3.16. The van der Waals surface area contributed by atoms with Crippen LogP contribution in [0.25, 0.3) is 10.9 Å². The van der Waals surface area contributed by atoms with Crippen LogP contribution in [0.3, 0.4) is 0 Å². The first-order valence-corrected chi connectivity index (χ1v) is 12.8. The molecule has 2 aromatic carbocycles. The number of benzene rings is 2. The van der Waals surface area contributed by atoms with Gasteiger partial charge in [0.1, 0.15) is 0 Å². The quantitative estimate of drug-likeness (QED) is 0.580. The lowest BCUT2D eigenvalue weighted by Crippen LogP contribution is -2.58. The van der Waals surface area contributed by atoms with Gasteiger partial charge in [-0.25, -0.2) is 0 Å². The molecule has 6 rings (SSSR count). The predicted molar refractivity (Wildman–Crippen MR) is 137 cm³/mol. The number of hydrogen-bond donors (Lipinski definition) is 2. The SMILES string of the molecule is Cn1cc(CN[C@@H]2C[C@@H]3C(=O)NC[C@@H](CCC(=O)N4CCc5ccccc54)N3C2)c2ccccc21. The summed E-state index contributed by atoms with van der Waals surface area (Å²) in [5.74, 6) is 0.309. The van der Waals surface area contributed by atoms with Gasteiger partial charge in [0.25, 0.3) is 0 Å². The molecule has 3 atom stereocenters. The largest absolute Gasteiger partial charge is 0.353 e. The summed E-state index contributed by atoms with van der Waals surface area (Å²) >= 11 is 0. The van der Waals surface area contributed by atoms with Crippen molar-refractivity contribution in [2.45, 2.75) is 50.4 Å². The predicted octanol–water partition coefficient (Wildman–Crippen LogP) is 2.58. The van der Waals surface area contributed by atoms with Crippen LogP contribution in [-0.2, 0) is 29.6 Å². The van der Waals surface area contributed by atoms with Crippen molar-refractivity contribution < 1.29 is 9.59 Å². The molecule has 2 fully saturated rings. The van der Waals surface area contributed by atoms with E-state index in [1.807, 2.05) is 23.1 Å². The van der Waals surface area contributed by atoms with Crippen molar-refractivity contribution in [3.63, 3.8) is 0 Å². The zero-order chi connectivity index (χ0) is 23.9. The van der Waals surface area contributed by atoms with E-state index in [1.165, 1.54) is 22.0 Å². The van der Waals surface area contributed by atoms with E-state index in [0.717, 1.165) is 44.6 Å². The maximum Gasteiger partial charge on any atom is 0.237 e. The molecule has 0 bridgehead atoms. The number of fused-ring (bicyclic) bond motifs is 3. The molecular formula is C28H33N5O2. The average Bonchev–Trinajstić information content (AvgIpc) is 3.58. The van der Waals surface area contributed by atoms with E-state index in [2.05, 4.69) is 63.7 Å². The van der Waals surface area contributed by atoms with Gasteiger partial charge in [-0.3, -0.25) is 14.5 Å². The van der Waals surface area contributed by atoms with Gasteiger partial charge in [-0.15, -0.1) is 0 Å². The molecule has 2 saturated heterocycles. The van der Waals surface area contributed by atoms with Gasteiger partial charge in [-0.1, -0.05) is 36.4 Å². The van der Waals surface area contributed by atoms with E-state index < -0.39 is 0 Å². The number of nitrogens with one attached hydrogen (secondary N) is 2. The smallest absolute Gasteiger partial charge is 0.237 e. The minimum absolute atomic E-state index is 0.110. The van der Waals surface area contributed by atoms with Crippen molar-refractivity contribution >= 4 is 28.4 Å². The van der Waals surface area contributed by atoms with Gasteiger partial charge in [0.05, 0.1) is 6.04 Å². The summed E-state index contributed by atoms with van der Waals surface area (Å²) in [6.07, 6.45) is 5.20. The monoisotopic (exact) mass is 471 g/mol. The van der Waals surface area contributed by atoms with Crippen LogP contribution in [0.4, 0.5) is 5.69 Å². The number of rotatable bonds is 6. The molecule has 1 aromatic heterocycles. The summed E-state index contributed by atoms with van der Waals surface area (Å²) in [4.78, 5) is 30.0. The number of piperazine rings is 1. The fourth-order valence-corrected chi connectivity index (χ4v) is 6.23. The summed E-state index contributed by atoms with van der Waals surface area (Å²) in [5, 5.41) is 8.08. The lowest BCUT2D eigenvalue weighted by Gasteiger charge is -2.37. The summed E-state index contributed by atoms with van der Waals surface area (Å²) in [5.41, 5.74) is 4.83. The van der Waals surface area contributed by atoms with E-state index in [9.17, 15) is 9.59 Å². The summed E-state index contributed by atoms with van der Waals surface area (Å²) in [6, 6.07) is 17.0. The fraction of sp³-hybridized carbons (Fsp3) is 0.429. The van der Waals surface area contributed by atoms with Crippen LogP contribution in [0, 0.1) is 0 Å². The van der Waals surface area contributed by atoms with Crippen molar-refractivity contribution in [3.05, 3.63) is 65.9 Å². The third-order valence-corrected chi connectivity index (χ3v) is 8.06. The minimum Gasteiger partial charge on any atom is -0.353 e. The molecule has 2 amide bonds. The molecule has 3 aliphatic heterocycles. The second kappa shape index (κ2) is 9.13. The maximum atomic E-state index is 13.0. The number of anilines is 1. The van der Waals surface area contributed by atoms with Gasteiger partial charge in [0.2, 0.25) is 11.8 Å². The molecule has 0 spiro atoms. The highest BCUT2D eigenvalue weighted by Gasteiger charge is 2.43. The summed E-state index contributed by atoms with van der Waals surface area (Å²) in [6.45, 7) is 3.02. The molecule has 4 heterocycles. The van der Waals surface area contributed by atoms with E-state index >= 15 is 0 Å². The van der Waals surface area contributed by atoms with Gasteiger partial charge in [0, 0.05) is 74.5 Å². The van der Waals surface area contributed by atoms with Crippen LogP contribution < -0.4 is 15.5 Å². The van der Waals surface area contributed by atoms with Crippen LogP contribution in [0.1, 0.15) is 30.4 Å². The average molecular weight is 472 g/mol. The third-order valence-electron chi connectivity index (χ3n) is 8.06. The number of para-hydroxylation sites is 2. The Labute approximate surface area is 206 Å². The Morgan fingerprint density at radius 2 is 1.97 bits per heavy atom. The van der Waals surface area contributed by atoms with Gasteiger partial charge in [0.15, 0.2) is 0 Å². The Balaban J connectivity index is 1.08. The number of carbonyl (C=O) groups is 2. The first-order chi connectivity index (χ1) is 17.1. The summed E-state index contributed by atoms with van der Waals surface area (Å²) < 4.78 is 2.17. The number of amides is 2. The highest BCUT2D eigenvalue weighted by molar-refractivity contribution is 5.95. The van der Waals surface area contributed by atoms with Gasteiger partial charge >= 0.3 is 0 Å². The zero-order valence-corrected chi connectivity index (χ0v) is 20.2. The normalized spacial score (nSPS) is 24.0. The van der Waals surface area contributed by atoms with Gasteiger partial charge in [-0.2, -0.15) is 0 Å². The number of hydrogen-bond acceptors (Lipinski definition) is 4. The Bertz CT molecular complexity index is 1270. The molecule has 7 nitrogen and oxygen atoms in total. The van der Waals surface area contributed by atoms with Crippen molar-refractivity contribution in [1.29, 1.82) is 0 Å². The standard InChI is InChI=1S/C28H33N5O2/c1-31-17-20(23-7-3-5-9-25(23)31)15-29-21-14-26-28(35)30-16-22(33(26)18-21)10-11-27(34)32-13-12-19-6-2-4-8-24(19)32/h2-9,17,21-22,26,29H,10-16,18H2,1H3,(H,30,35)/t21-,22-,26-/m1/s1. The summed E-state index contributed by atoms with van der Waals surface area (Å²) in [7, 11) is 2.08. The minimum atomic E-state index is -0.110. The molecular weight excluding hydrogens is 438 g/mol. The number of aromatic nitrogens is 1. The lowest BCUT2D eigenvalue weighted by atomic mass is 10.0. The molecule has 35 heavy (non-hydrogen) atoms. The molecule has 0 unspecified atom stereocenters.